The lowest BCUT2D eigenvalue weighted by atomic mass is 10.1. The van der Waals surface area contributed by atoms with Gasteiger partial charge in [-0.3, -0.25) is 0 Å². The molecule has 0 spiro atoms. The van der Waals surface area contributed by atoms with Gasteiger partial charge in [-0.1, -0.05) is 23.3 Å². The first kappa shape index (κ1) is 7.11. The Bertz CT molecular complexity index is 233. The second-order valence-electron chi connectivity index (χ2n) is 2.56. The molecule has 0 amide bonds. The van der Waals surface area contributed by atoms with E-state index >= 15 is 0 Å². The molecule has 1 rings (SSSR count). The lowest BCUT2D eigenvalue weighted by molar-refractivity contribution is 1.16. The molecule has 0 heteroatoms. The van der Waals surface area contributed by atoms with Crippen LogP contribution >= 0.6 is 0 Å². The molecular formula is C10H12. The van der Waals surface area contributed by atoms with Crippen molar-refractivity contribution < 1.29 is 0 Å². The van der Waals surface area contributed by atoms with Crippen molar-refractivity contribution in [3.8, 4) is 0 Å². The van der Waals surface area contributed by atoms with Crippen molar-refractivity contribution in [3.63, 3.8) is 0 Å². The predicted molar refractivity (Wildman–Crippen MR) is 44.8 cm³/mol. The SMILES string of the molecule is CC1=C(C)CC=C=CC=C1. The molecule has 1 aliphatic carbocycles. The van der Waals surface area contributed by atoms with Crippen LogP contribution in [-0.2, 0) is 0 Å². The summed E-state index contributed by atoms with van der Waals surface area (Å²) >= 11 is 0. The van der Waals surface area contributed by atoms with Crippen LogP contribution < -0.4 is 0 Å². The molecule has 0 radical (unpaired) electrons. The van der Waals surface area contributed by atoms with Crippen molar-refractivity contribution >= 4 is 0 Å². The highest BCUT2D eigenvalue weighted by atomic mass is 14.0. The standard InChI is InChI=1S/C10H12/c1-9-7-5-3-4-6-8-10(9)2/h3,5-7H,8H2,1-2H3. The van der Waals surface area contributed by atoms with Crippen molar-refractivity contribution in [1.29, 1.82) is 0 Å². The summed E-state index contributed by atoms with van der Waals surface area (Å²) in [4.78, 5) is 0. The van der Waals surface area contributed by atoms with Gasteiger partial charge in [0.05, 0.1) is 0 Å². The van der Waals surface area contributed by atoms with E-state index in [4.69, 9.17) is 0 Å². The van der Waals surface area contributed by atoms with Gasteiger partial charge in [-0.25, -0.2) is 0 Å². The lowest BCUT2D eigenvalue weighted by Crippen LogP contribution is -1.79. The summed E-state index contributed by atoms with van der Waals surface area (Å²) < 4.78 is 0. The predicted octanol–water partition coefficient (Wildman–Crippen LogP) is 2.99. The fourth-order valence-electron chi connectivity index (χ4n) is 0.831. The second kappa shape index (κ2) is 3.24. The molecule has 0 saturated carbocycles. The van der Waals surface area contributed by atoms with Crippen LogP contribution in [0.15, 0.2) is 41.2 Å². The minimum absolute atomic E-state index is 1.03. The fourth-order valence-corrected chi connectivity index (χ4v) is 0.831. The maximum atomic E-state index is 3.07. The summed E-state index contributed by atoms with van der Waals surface area (Å²) in [5.74, 6) is 0. The monoisotopic (exact) mass is 132 g/mol. The zero-order chi connectivity index (χ0) is 7.40. The van der Waals surface area contributed by atoms with Gasteiger partial charge in [0.15, 0.2) is 0 Å². The Balaban J connectivity index is 2.91. The van der Waals surface area contributed by atoms with Gasteiger partial charge >= 0.3 is 0 Å². The molecule has 0 nitrogen and oxygen atoms in total. The summed E-state index contributed by atoms with van der Waals surface area (Å²) in [6, 6.07) is 0. The van der Waals surface area contributed by atoms with Crippen molar-refractivity contribution in [1.82, 2.24) is 0 Å². The van der Waals surface area contributed by atoms with Crippen molar-refractivity contribution in [2.24, 2.45) is 0 Å². The van der Waals surface area contributed by atoms with Crippen LogP contribution in [-0.4, -0.2) is 0 Å². The molecule has 0 aromatic heterocycles. The molecule has 0 aliphatic heterocycles. The Morgan fingerprint density at radius 1 is 1.40 bits per heavy atom. The van der Waals surface area contributed by atoms with Gasteiger partial charge in [0.2, 0.25) is 0 Å². The van der Waals surface area contributed by atoms with E-state index in [1.807, 2.05) is 12.2 Å². The molecule has 0 heterocycles. The third-order valence-electron chi connectivity index (χ3n) is 1.74. The lowest BCUT2D eigenvalue weighted by Gasteiger charge is -1.99. The number of allylic oxidation sites excluding steroid dienone is 5. The van der Waals surface area contributed by atoms with Crippen LogP contribution in [0.3, 0.4) is 0 Å². The number of rotatable bonds is 0. The second-order valence-corrected chi connectivity index (χ2v) is 2.56. The first-order valence-electron chi connectivity index (χ1n) is 3.54. The van der Waals surface area contributed by atoms with E-state index in [2.05, 4.69) is 31.7 Å². The Labute approximate surface area is 62.3 Å². The smallest absolute Gasteiger partial charge is 0.00596 e. The Morgan fingerprint density at radius 2 is 2.20 bits per heavy atom. The van der Waals surface area contributed by atoms with Gasteiger partial charge in [-0.15, -0.1) is 5.73 Å². The Morgan fingerprint density at radius 3 is 3.00 bits per heavy atom. The highest BCUT2D eigenvalue weighted by Gasteiger charge is 1.90. The zero-order valence-corrected chi connectivity index (χ0v) is 6.52. The quantitative estimate of drug-likeness (QED) is 0.444. The summed E-state index contributed by atoms with van der Waals surface area (Å²) in [6.45, 7) is 4.29. The number of hydrogen-bond acceptors (Lipinski definition) is 0. The third kappa shape index (κ3) is 1.75. The van der Waals surface area contributed by atoms with Crippen LogP contribution in [0.5, 0.6) is 0 Å². The minimum Gasteiger partial charge on any atom is -0.125 e. The number of hydrogen-bond donors (Lipinski definition) is 0. The van der Waals surface area contributed by atoms with Gasteiger partial charge < -0.3 is 0 Å². The van der Waals surface area contributed by atoms with E-state index in [0.717, 1.165) is 6.42 Å². The first-order chi connectivity index (χ1) is 4.80. The van der Waals surface area contributed by atoms with Crippen LogP contribution in [0, 0.1) is 0 Å². The molecule has 0 bridgehead atoms. The maximum Gasteiger partial charge on any atom is -0.00596 e. The van der Waals surface area contributed by atoms with Crippen LogP contribution in [0.25, 0.3) is 0 Å². The molecule has 0 atom stereocenters. The summed E-state index contributed by atoms with van der Waals surface area (Å²) in [6.07, 6.45) is 9.18. The first-order valence-corrected chi connectivity index (χ1v) is 3.54. The topological polar surface area (TPSA) is 0 Å². The van der Waals surface area contributed by atoms with Gasteiger partial charge in [0, 0.05) is 0 Å². The van der Waals surface area contributed by atoms with Crippen molar-refractivity contribution in [2.45, 2.75) is 20.3 Å². The van der Waals surface area contributed by atoms with E-state index in [9.17, 15) is 0 Å². The van der Waals surface area contributed by atoms with Crippen LogP contribution in [0.4, 0.5) is 0 Å². The van der Waals surface area contributed by atoms with E-state index < -0.39 is 0 Å². The maximum absolute atomic E-state index is 3.07. The van der Waals surface area contributed by atoms with Crippen LogP contribution in [0.1, 0.15) is 20.3 Å². The Hall–Kier alpha value is -1.00. The average Bonchev–Trinajstić information content (AvgIpc) is 1.92. The summed E-state index contributed by atoms with van der Waals surface area (Å²) in [5, 5.41) is 0. The molecule has 0 unspecified atom stereocenters. The molecule has 10 heavy (non-hydrogen) atoms. The van der Waals surface area contributed by atoms with Crippen LogP contribution in [0.2, 0.25) is 0 Å². The van der Waals surface area contributed by atoms with Gasteiger partial charge in [0.1, 0.15) is 0 Å². The molecule has 0 saturated heterocycles. The molecule has 0 N–H and O–H groups in total. The fraction of sp³-hybridized carbons (Fsp3) is 0.300. The van der Waals surface area contributed by atoms with Crippen molar-refractivity contribution in [3.05, 3.63) is 41.2 Å². The largest absolute Gasteiger partial charge is 0.125 e. The molecule has 0 aromatic rings. The molecular weight excluding hydrogens is 120 g/mol. The normalized spacial score (nSPS) is 17.4. The minimum atomic E-state index is 1.03. The third-order valence-corrected chi connectivity index (χ3v) is 1.74. The van der Waals surface area contributed by atoms with Gasteiger partial charge in [-0.2, -0.15) is 0 Å². The van der Waals surface area contributed by atoms with E-state index in [1.165, 1.54) is 11.1 Å². The highest BCUT2D eigenvalue weighted by molar-refractivity contribution is 5.27. The summed E-state index contributed by atoms with van der Waals surface area (Å²) in [5.41, 5.74) is 5.86. The molecule has 0 aromatic carbocycles. The van der Waals surface area contributed by atoms with E-state index in [-0.39, 0.29) is 0 Å². The summed E-state index contributed by atoms with van der Waals surface area (Å²) in [7, 11) is 0. The van der Waals surface area contributed by atoms with E-state index in [0.29, 0.717) is 0 Å². The highest BCUT2D eigenvalue weighted by Crippen LogP contribution is 2.10. The van der Waals surface area contributed by atoms with Crippen molar-refractivity contribution in [2.75, 3.05) is 0 Å². The molecule has 1 aliphatic rings. The molecule has 0 fully saturated rings. The average molecular weight is 132 g/mol. The Kier molecular flexibility index (Phi) is 2.30. The zero-order valence-electron chi connectivity index (χ0n) is 6.52. The van der Waals surface area contributed by atoms with Gasteiger partial charge in [0.25, 0.3) is 0 Å². The molecule has 52 valence electrons. The van der Waals surface area contributed by atoms with Gasteiger partial charge in [-0.05, 0) is 32.4 Å². The van der Waals surface area contributed by atoms with E-state index in [1.54, 1.807) is 0 Å².